The summed E-state index contributed by atoms with van der Waals surface area (Å²) in [6.07, 6.45) is -6.07. The molecule has 0 aliphatic heterocycles. The molecule has 29 heavy (non-hydrogen) atoms. The SMILES string of the molecule is CC(=O)OC(=Cc1ccccc1)C(=O)[C@@H](O)[C@H](O)[C@H](O)C(O)Cc1ccccc1. The second-order valence-corrected chi connectivity index (χ2v) is 6.56. The van der Waals surface area contributed by atoms with Crippen LogP contribution in [0.5, 0.6) is 0 Å². The number of ketones is 1. The fourth-order valence-electron chi connectivity index (χ4n) is 2.70. The first kappa shape index (κ1) is 22.4. The molecule has 4 atom stereocenters. The number of hydrogen-bond acceptors (Lipinski definition) is 7. The number of hydrogen-bond donors (Lipinski definition) is 4. The quantitative estimate of drug-likeness (QED) is 0.279. The summed E-state index contributed by atoms with van der Waals surface area (Å²) in [6, 6.07) is 17.2. The summed E-state index contributed by atoms with van der Waals surface area (Å²) < 4.78 is 4.88. The Morgan fingerprint density at radius 1 is 0.897 bits per heavy atom. The molecule has 7 nitrogen and oxygen atoms in total. The van der Waals surface area contributed by atoms with Gasteiger partial charge in [0.2, 0.25) is 5.78 Å². The van der Waals surface area contributed by atoms with Crippen LogP contribution in [0.2, 0.25) is 0 Å². The number of aliphatic hydroxyl groups excluding tert-OH is 4. The van der Waals surface area contributed by atoms with Crippen molar-refractivity contribution in [2.45, 2.75) is 37.8 Å². The lowest BCUT2D eigenvalue weighted by molar-refractivity contribution is -0.149. The average Bonchev–Trinajstić information content (AvgIpc) is 2.72. The van der Waals surface area contributed by atoms with Crippen molar-refractivity contribution in [2.24, 2.45) is 0 Å². The van der Waals surface area contributed by atoms with Gasteiger partial charge < -0.3 is 25.2 Å². The molecule has 0 spiro atoms. The molecule has 0 aliphatic carbocycles. The maximum atomic E-state index is 12.6. The molecular formula is C22H24O7. The van der Waals surface area contributed by atoms with Crippen LogP contribution >= 0.6 is 0 Å². The minimum Gasteiger partial charge on any atom is -0.423 e. The van der Waals surface area contributed by atoms with Crippen LogP contribution in [0.15, 0.2) is 66.4 Å². The van der Waals surface area contributed by atoms with Crippen LogP contribution in [0, 0.1) is 0 Å². The van der Waals surface area contributed by atoms with E-state index in [0.717, 1.165) is 6.92 Å². The van der Waals surface area contributed by atoms with E-state index in [9.17, 15) is 30.0 Å². The third-order valence-corrected chi connectivity index (χ3v) is 4.22. The monoisotopic (exact) mass is 400 g/mol. The Kier molecular flexibility index (Phi) is 8.23. The van der Waals surface area contributed by atoms with Gasteiger partial charge in [0.1, 0.15) is 18.3 Å². The first-order valence-corrected chi connectivity index (χ1v) is 9.05. The molecule has 0 bridgehead atoms. The van der Waals surface area contributed by atoms with Crippen molar-refractivity contribution in [1.82, 2.24) is 0 Å². The van der Waals surface area contributed by atoms with Gasteiger partial charge in [0.05, 0.1) is 6.10 Å². The molecule has 0 amide bonds. The number of Topliss-reactive ketones (excluding diaryl/α,β-unsaturated/α-hetero) is 1. The van der Waals surface area contributed by atoms with Gasteiger partial charge in [0.15, 0.2) is 5.76 Å². The van der Waals surface area contributed by atoms with Gasteiger partial charge in [-0.2, -0.15) is 0 Å². The highest BCUT2D eigenvalue weighted by Crippen LogP contribution is 2.16. The van der Waals surface area contributed by atoms with Gasteiger partial charge >= 0.3 is 5.97 Å². The fourth-order valence-corrected chi connectivity index (χ4v) is 2.70. The van der Waals surface area contributed by atoms with Crippen molar-refractivity contribution in [3.05, 3.63) is 77.5 Å². The van der Waals surface area contributed by atoms with E-state index in [-0.39, 0.29) is 6.42 Å². The van der Waals surface area contributed by atoms with Crippen molar-refractivity contribution < 1.29 is 34.8 Å². The lowest BCUT2D eigenvalue weighted by Gasteiger charge is -2.26. The lowest BCUT2D eigenvalue weighted by atomic mass is 9.95. The van der Waals surface area contributed by atoms with Crippen LogP contribution in [-0.4, -0.2) is 56.6 Å². The van der Waals surface area contributed by atoms with Gasteiger partial charge in [-0.25, -0.2) is 0 Å². The third-order valence-electron chi connectivity index (χ3n) is 4.22. The van der Waals surface area contributed by atoms with Crippen LogP contribution in [0.4, 0.5) is 0 Å². The van der Waals surface area contributed by atoms with E-state index in [0.29, 0.717) is 11.1 Å². The molecule has 4 N–H and O–H groups in total. The predicted molar refractivity (Wildman–Crippen MR) is 105 cm³/mol. The van der Waals surface area contributed by atoms with Crippen LogP contribution in [0.1, 0.15) is 18.1 Å². The molecule has 2 aromatic rings. The number of ether oxygens (including phenoxy) is 1. The summed E-state index contributed by atoms with van der Waals surface area (Å²) in [5.74, 6) is -2.37. The summed E-state index contributed by atoms with van der Waals surface area (Å²) in [6.45, 7) is 1.09. The number of carbonyl (C=O) groups excluding carboxylic acids is 2. The molecule has 0 heterocycles. The van der Waals surface area contributed by atoms with Gasteiger partial charge in [-0.15, -0.1) is 0 Å². The van der Waals surface area contributed by atoms with Gasteiger partial charge in [-0.3, -0.25) is 9.59 Å². The second kappa shape index (κ2) is 10.6. The Morgan fingerprint density at radius 3 is 2.00 bits per heavy atom. The van der Waals surface area contributed by atoms with Crippen molar-refractivity contribution in [1.29, 1.82) is 0 Å². The number of benzene rings is 2. The zero-order valence-electron chi connectivity index (χ0n) is 15.9. The minimum atomic E-state index is -2.11. The van der Waals surface area contributed by atoms with Crippen molar-refractivity contribution in [2.75, 3.05) is 0 Å². The predicted octanol–water partition coefficient (Wildman–Crippen LogP) is 0.846. The Balaban J connectivity index is 2.13. The molecule has 2 rings (SSSR count). The molecule has 2 aromatic carbocycles. The van der Waals surface area contributed by atoms with Crippen LogP contribution in [0.25, 0.3) is 6.08 Å². The highest BCUT2D eigenvalue weighted by atomic mass is 16.5. The maximum absolute atomic E-state index is 12.6. The molecule has 7 heteroatoms. The molecule has 0 radical (unpaired) electrons. The number of esters is 1. The number of carbonyl (C=O) groups is 2. The van der Waals surface area contributed by atoms with E-state index in [1.165, 1.54) is 6.08 Å². The topological polar surface area (TPSA) is 124 Å². The van der Waals surface area contributed by atoms with E-state index in [2.05, 4.69) is 0 Å². The van der Waals surface area contributed by atoms with E-state index in [1.54, 1.807) is 60.7 Å². The molecule has 0 fully saturated rings. The van der Waals surface area contributed by atoms with E-state index >= 15 is 0 Å². The van der Waals surface area contributed by atoms with Crippen LogP contribution < -0.4 is 0 Å². The van der Waals surface area contributed by atoms with E-state index < -0.39 is 41.9 Å². The number of aliphatic hydroxyl groups is 4. The summed E-state index contributed by atoms with van der Waals surface area (Å²) in [7, 11) is 0. The molecule has 0 saturated carbocycles. The molecule has 0 aromatic heterocycles. The van der Waals surface area contributed by atoms with Crippen LogP contribution in [0.3, 0.4) is 0 Å². The maximum Gasteiger partial charge on any atom is 0.308 e. The molecule has 0 aliphatic rings. The summed E-state index contributed by atoms with van der Waals surface area (Å²) >= 11 is 0. The summed E-state index contributed by atoms with van der Waals surface area (Å²) in [4.78, 5) is 23.9. The zero-order chi connectivity index (χ0) is 21.4. The highest BCUT2D eigenvalue weighted by Gasteiger charge is 2.36. The first-order valence-electron chi connectivity index (χ1n) is 9.05. The minimum absolute atomic E-state index is 0.0106. The molecule has 154 valence electrons. The average molecular weight is 400 g/mol. The van der Waals surface area contributed by atoms with Crippen LogP contribution in [-0.2, 0) is 20.7 Å². The highest BCUT2D eigenvalue weighted by molar-refractivity contribution is 6.02. The standard InChI is InChI=1S/C22H24O7/c1-14(23)29-18(13-16-10-6-3-7-11-16)20(26)22(28)21(27)19(25)17(24)12-15-8-4-2-5-9-15/h2-11,13,17,19,21-22,24-25,27-28H,12H2,1H3/t17?,19-,21-,22-/m1/s1. The van der Waals surface area contributed by atoms with Crippen molar-refractivity contribution >= 4 is 17.8 Å². The second-order valence-electron chi connectivity index (χ2n) is 6.56. The van der Waals surface area contributed by atoms with Gasteiger partial charge in [0, 0.05) is 13.3 Å². The normalized spacial score (nSPS) is 15.8. The Hall–Kier alpha value is -2.84. The van der Waals surface area contributed by atoms with Crippen molar-refractivity contribution in [3.8, 4) is 0 Å². The molecular weight excluding hydrogens is 376 g/mol. The third kappa shape index (κ3) is 6.62. The molecule has 0 saturated heterocycles. The smallest absolute Gasteiger partial charge is 0.308 e. The van der Waals surface area contributed by atoms with Gasteiger partial charge in [-0.1, -0.05) is 60.7 Å². The zero-order valence-corrected chi connectivity index (χ0v) is 15.9. The van der Waals surface area contributed by atoms with E-state index in [1.807, 2.05) is 0 Å². The summed E-state index contributed by atoms with van der Waals surface area (Å²) in [5, 5.41) is 40.8. The lowest BCUT2D eigenvalue weighted by Crippen LogP contribution is -2.48. The fraction of sp³-hybridized carbons (Fsp3) is 0.273. The van der Waals surface area contributed by atoms with E-state index in [4.69, 9.17) is 4.74 Å². The number of rotatable bonds is 9. The Morgan fingerprint density at radius 2 is 1.45 bits per heavy atom. The summed E-state index contributed by atoms with van der Waals surface area (Å²) in [5.41, 5.74) is 1.24. The Bertz CT molecular complexity index is 833. The van der Waals surface area contributed by atoms with Gasteiger partial charge in [0.25, 0.3) is 0 Å². The van der Waals surface area contributed by atoms with Gasteiger partial charge in [-0.05, 0) is 17.2 Å². The Labute approximate surface area is 168 Å². The largest absolute Gasteiger partial charge is 0.423 e. The first-order chi connectivity index (χ1) is 13.8. The molecule has 1 unspecified atom stereocenters. The van der Waals surface area contributed by atoms with Crippen molar-refractivity contribution in [3.63, 3.8) is 0 Å².